The van der Waals surface area contributed by atoms with Crippen molar-refractivity contribution in [2.75, 3.05) is 31.1 Å². The number of unbranched alkanes of at least 4 members (excludes halogenated alkanes) is 2. The van der Waals surface area contributed by atoms with Crippen LogP contribution in [-0.4, -0.2) is 53.7 Å². The molecule has 1 N–H and O–H groups in total. The van der Waals surface area contributed by atoms with Crippen LogP contribution >= 0.6 is 0 Å². The van der Waals surface area contributed by atoms with Gasteiger partial charge in [0.25, 0.3) is 0 Å². The molecule has 2 aliphatic heterocycles. The van der Waals surface area contributed by atoms with Gasteiger partial charge < -0.3 is 19.9 Å². The van der Waals surface area contributed by atoms with Crippen LogP contribution in [0.2, 0.25) is 0 Å². The number of amides is 2. The third-order valence-electron chi connectivity index (χ3n) is 7.52. The summed E-state index contributed by atoms with van der Waals surface area (Å²) < 4.78 is 6.12. The number of piperazine rings is 1. The van der Waals surface area contributed by atoms with E-state index in [1.54, 1.807) is 0 Å². The van der Waals surface area contributed by atoms with Crippen LogP contribution in [0.15, 0.2) is 0 Å². The Morgan fingerprint density at radius 2 is 2.03 bits per heavy atom. The molecule has 0 unspecified atom stereocenters. The highest BCUT2D eigenvalue weighted by Gasteiger charge is 2.39. The molecule has 34 heavy (non-hydrogen) atoms. The monoisotopic (exact) mass is 467 g/mol. The molecule has 3 heterocycles. The number of rotatable bonds is 7. The lowest BCUT2D eigenvalue weighted by Gasteiger charge is -2.44. The molecule has 3 aliphatic rings. The lowest BCUT2D eigenvalue weighted by molar-refractivity contribution is -0.0407. The van der Waals surface area contributed by atoms with E-state index in [4.69, 9.17) is 9.72 Å². The summed E-state index contributed by atoms with van der Waals surface area (Å²) >= 11 is 0. The second kappa shape index (κ2) is 10.1. The van der Waals surface area contributed by atoms with Gasteiger partial charge >= 0.3 is 6.03 Å². The number of urea groups is 1. The van der Waals surface area contributed by atoms with E-state index in [1.807, 2.05) is 4.90 Å². The van der Waals surface area contributed by atoms with Crippen LogP contribution in [0.4, 0.5) is 10.6 Å². The summed E-state index contributed by atoms with van der Waals surface area (Å²) in [6.07, 6.45) is 6.35. The molecule has 186 valence electrons. The van der Waals surface area contributed by atoms with Crippen molar-refractivity contribution in [1.82, 2.24) is 15.2 Å². The minimum absolute atomic E-state index is 0.0333. The van der Waals surface area contributed by atoms with Crippen molar-refractivity contribution < 1.29 is 9.53 Å². The largest absolute Gasteiger partial charge is 0.370 e. The van der Waals surface area contributed by atoms with Gasteiger partial charge in [-0.3, -0.25) is 0 Å². The lowest BCUT2D eigenvalue weighted by Crippen LogP contribution is -2.59. The minimum Gasteiger partial charge on any atom is -0.370 e. The zero-order valence-electron chi connectivity index (χ0n) is 21.6. The summed E-state index contributed by atoms with van der Waals surface area (Å²) in [6.45, 7) is 14.0. The average Bonchev–Trinajstić information content (AvgIpc) is 3.65. The number of ether oxygens (including phenoxy) is 1. The Balaban J connectivity index is 1.60. The molecule has 0 aromatic carbocycles. The van der Waals surface area contributed by atoms with E-state index in [2.05, 4.69) is 50.9 Å². The van der Waals surface area contributed by atoms with E-state index >= 15 is 0 Å². The van der Waals surface area contributed by atoms with Crippen LogP contribution < -0.4 is 10.2 Å². The molecule has 1 aliphatic carbocycles. The van der Waals surface area contributed by atoms with Crippen LogP contribution in [0, 0.1) is 17.2 Å². The minimum atomic E-state index is -0.285. The number of carbonyl (C=O) groups excluding carboxylic acids is 1. The molecule has 1 atom stereocenters. The van der Waals surface area contributed by atoms with Crippen LogP contribution in [-0.2, 0) is 17.8 Å². The topological polar surface area (TPSA) is 81.5 Å². The molecule has 1 saturated heterocycles. The molecule has 2 fully saturated rings. The van der Waals surface area contributed by atoms with Crippen molar-refractivity contribution in [3.8, 4) is 6.07 Å². The Morgan fingerprint density at radius 1 is 1.26 bits per heavy atom. The molecule has 0 radical (unpaired) electrons. The summed E-state index contributed by atoms with van der Waals surface area (Å²) in [4.78, 5) is 22.4. The second-order valence-electron chi connectivity index (χ2n) is 11.2. The van der Waals surface area contributed by atoms with Crippen molar-refractivity contribution >= 4 is 11.8 Å². The number of nitrogens with one attached hydrogen (secondary N) is 1. The van der Waals surface area contributed by atoms with E-state index in [0.29, 0.717) is 43.6 Å². The van der Waals surface area contributed by atoms with Gasteiger partial charge in [0.05, 0.1) is 29.5 Å². The lowest BCUT2D eigenvalue weighted by atomic mass is 9.87. The first-order chi connectivity index (χ1) is 16.3. The highest BCUT2D eigenvalue weighted by Crippen LogP contribution is 2.46. The summed E-state index contributed by atoms with van der Waals surface area (Å²) in [6, 6.07) is 2.62. The molecule has 1 aromatic rings. The van der Waals surface area contributed by atoms with E-state index in [1.165, 1.54) is 0 Å². The third kappa shape index (κ3) is 5.17. The first kappa shape index (κ1) is 24.8. The highest BCUT2D eigenvalue weighted by atomic mass is 16.5. The van der Waals surface area contributed by atoms with Gasteiger partial charge in [-0.1, -0.05) is 33.6 Å². The number of anilines is 1. The number of nitrogens with zero attached hydrogens (tertiary/aromatic N) is 4. The van der Waals surface area contributed by atoms with Gasteiger partial charge in [-0.15, -0.1) is 0 Å². The van der Waals surface area contributed by atoms with Crippen molar-refractivity contribution in [3.63, 3.8) is 0 Å². The van der Waals surface area contributed by atoms with Crippen molar-refractivity contribution in [2.45, 2.75) is 97.3 Å². The van der Waals surface area contributed by atoms with E-state index < -0.39 is 0 Å². The van der Waals surface area contributed by atoms with Crippen LogP contribution in [0.25, 0.3) is 0 Å². The molecule has 7 heteroatoms. The van der Waals surface area contributed by atoms with Crippen molar-refractivity contribution in [3.05, 3.63) is 22.4 Å². The van der Waals surface area contributed by atoms with Crippen LogP contribution in [0.1, 0.15) is 95.0 Å². The van der Waals surface area contributed by atoms with E-state index in [-0.39, 0.29) is 17.7 Å². The van der Waals surface area contributed by atoms with Gasteiger partial charge in [-0.2, -0.15) is 5.26 Å². The van der Waals surface area contributed by atoms with Crippen molar-refractivity contribution in [2.24, 2.45) is 5.92 Å². The Kier molecular flexibility index (Phi) is 7.37. The summed E-state index contributed by atoms with van der Waals surface area (Å²) in [7, 11) is 0. The zero-order valence-corrected chi connectivity index (χ0v) is 21.6. The number of hydrogen-bond acceptors (Lipinski definition) is 5. The molecule has 2 amide bonds. The molecule has 1 aromatic heterocycles. The normalized spacial score (nSPS) is 21.9. The van der Waals surface area contributed by atoms with Crippen molar-refractivity contribution in [1.29, 1.82) is 5.26 Å². The predicted molar refractivity (Wildman–Crippen MR) is 134 cm³/mol. The molecule has 7 nitrogen and oxygen atoms in total. The quantitative estimate of drug-likeness (QED) is 0.587. The maximum atomic E-state index is 13.0. The maximum absolute atomic E-state index is 13.0. The fraction of sp³-hybridized carbons (Fsp3) is 0.741. The zero-order chi connectivity index (χ0) is 24.5. The smallest absolute Gasteiger partial charge is 0.317 e. The van der Waals surface area contributed by atoms with E-state index in [9.17, 15) is 10.1 Å². The fourth-order valence-corrected chi connectivity index (χ4v) is 5.32. The Morgan fingerprint density at radius 3 is 2.68 bits per heavy atom. The third-order valence-corrected chi connectivity index (χ3v) is 7.52. The fourth-order valence-electron chi connectivity index (χ4n) is 5.32. The molecule has 0 spiro atoms. The number of carbonyl (C=O) groups is 1. The molecule has 1 saturated carbocycles. The molecular weight excluding hydrogens is 426 g/mol. The first-order valence-corrected chi connectivity index (χ1v) is 13.1. The van der Waals surface area contributed by atoms with Gasteiger partial charge in [-0.25, -0.2) is 9.78 Å². The average molecular weight is 468 g/mol. The van der Waals surface area contributed by atoms with Gasteiger partial charge in [0.2, 0.25) is 0 Å². The van der Waals surface area contributed by atoms with Crippen LogP contribution in [0.5, 0.6) is 0 Å². The summed E-state index contributed by atoms with van der Waals surface area (Å²) in [5.41, 5.74) is 3.83. The Bertz CT molecular complexity index is 947. The number of fused-ring (bicyclic) bond motifs is 1. The number of hydrogen-bond donors (Lipinski definition) is 1. The number of pyridine rings is 1. The number of aromatic nitrogens is 1. The van der Waals surface area contributed by atoms with E-state index in [0.717, 1.165) is 67.7 Å². The first-order valence-electron chi connectivity index (χ1n) is 13.1. The standard InChI is InChI=1S/C27H41N5O2/c1-6-7-8-11-29-26(33)32-13-12-31(16-23(32)18(2)3)25-21(15-28)20-14-27(4,5)34-17-22(20)24(30-25)19-9-10-19/h18-19,23H,6-14,16-17H2,1-5H3,(H,29,33)/t23-/m0/s1. The molecule has 4 rings (SSSR count). The molecule has 0 bridgehead atoms. The van der Waals surface area contributed by atoms with Gasteiger partial charge in [0.1, 0.15) is 11.9 Å². The molecular formula is C27H41N5O2. The second-order valence-corrected chi connectivity index (χ2v) is 11.2. The van der Waals surface area contributed by atoms with Gasteiger partial charge in [0, 0.05) is 44.1 Å². The predicted octanol–water partition coefficient (Wildman–Crippen LogP) is 4.73. The van der Waals surface area contributed by atoms with Gasteiger partial charge in [-0.05, 0) is 44.6 Å². The number of nitriles is 1. The maximum Gasteiger partial charge on any atom is 0.317 e. The van der Waals surface area contributed by atoms with Gasteiger partial charge in [0.15, 0.2) is 0 Å². The Labute approximate surface area is 204 Å². The SMILES string of the molecule is CCCCCNC(=O)N1CCN(c2nc(C3CC3)c3c(c2C#N)CC(C)(C)OC3)C[C@H]1C(C)C. The van der Waals surface area contributed by atoms with Crippen LogP contribution in [0.3, 0.4) is 0 Å². The summed E-state index contributed by atoms with van der Waals surface area (Å²) in [5, 5.41) is 13.4. The highest BCUT2D eigenvalue weighted by molar-refractivity contribution is 5.75. The summed E-state index contributed by atoms with van der Waals surface area (Å²) in [5.74, 6) is 1.61. The Hall–Kier alpha value is -2.33.